The van der Waals surface area contributed by atoms with Crippen molar-refractivity contribution in [1.29, 1.82) is 0 Å². The number of sulfone groups is 1. The van der Waals surface area contributed by atoms with Crippen molar-refractivity contribution in [2.75, 3.05) is 0 Å². The smallest absolute Gasteiger partial charge is 0.212 e. The average Bonchev–Trinajstić information content (AvgIpc) is 2.79. The maximum atomic E-state index is 15.2. The molecule has 4 atom stereocenters. The predicted octanol–water partition coefficient (Wildman–Crippen LogP) is 5.24. The van der Waals surface area contributed by atoms with Crippen LogP contribution in [0.2, 0.25) is 0 Å². The van der Waals surface area contributed by atoms with Crippen LogP contribution in [0.25, 0.3) is 0 Å². The van der Waals surface area contributed by atoms with Crippen molar-refractivity contribution in [2.45, 2.75) is 68.0 Å². The Morgan fingerprint density at radius 2 is 1.69 bits per heavy atom. The molecule has 2 aromatic carbocycles. The highest BCUT2D eigenvalue weighted by Crippen LogP contribution is 2.52. The van der Waals surface area contributed by atoms with Crippen molar-refractivity contribution in [3.8, 4) is 0 Å². The van der Waals surface area contributed by atoms with Crippen molar-refractivity contribution in [3.63, 3.8) is 0 Å². The molecule has 1 aliphatic carbocycles. The molecule has 2 aromatic rings. The molecule has 0 heterocycles. The lowest BCUT2D eigenvalue weighted by atomic mass is 9.69. The van der Waals surface area contributed by atoms with Gasteiger partial charge in [0.25, 0.3) is 0 Å². The fraction of sp³-hybridized carbons (Fsp3) is 0.520. The van der Waals surface area contributed by atoms with E-state index in [-0.39, 0.29) is 47.1 Å². The molecule has 1 fully saturated rings. The lowest BCUT2D eigenvalue weighted by molar-refractivity contribution is 0.186. The summed E-state index contributed by atoms with van der Waals surface area (Å²) in [5, 5.41) is 4.58. The Morgan fingerprint density at radius 1 is 1.06 bits per heavy atom. The summed E-state index contributed by atoms with van der Waals surface area (Å²) < 4.78 is 93.5. The zero-order valence-corrected chi connectivity index (χ0v) is 21.7. The van der Waals surface area contributed by atoms with Crippen molar-refractivity contribution in [1.82, 2.24) is 0 Å². The molecule has 0 radical (unpaired) electrons. The molecule has 3 rings (SSSR count). The molecule has 0 bridgehead atoms. The fourth-order valence-electron chi connectivity index (χ4n) is 5.29. The van der Waals surface area contributed by atoms with Gasteiger partial charge in [-0.2, -0.15) is 0 Å². The molecule has 3 unspecified atom stereocenters. The van der Waals surface area contributed by atoms with E-state index in [0.29, 0.717) is 6.42 Å². The normalized spacial score (nSPS) is 24.5. The van der Waals surface area contributed by atoms with E-state index in [1.807, 2.05) is 6.92 Å². The first-order chi connectivity index (χ1) is 16.2. The molecule has 35 heavy (non-hydrogen) atoms. The van der Waals surface area contributed by atoms with E-state index in [4.69, 9.17) is 5.14 Å². The molecular formula is C25H32F3NO4S2. The fourth-order valence-corrected chi connectivity index (χ4v) is 8.77. The number of nitrogens with two attached hydrogens (primary N) is 1. The van der Waals surface area contributed by atoms with E-state index in [2.05, 4.69) is 0 Å². The van der Waals surface area contributed by atoms with Gasteiger partial charge in [-0.15, -0.1) is 0 Å². The minimum atomic E-state index is -4.30. The Labute approximate surface area is 205 Å². The topological polar surface area (TPSA) is 94.3 Å². The van der Waals surface area contributed by atoms with Crippen LogP contribution in [0.3, 0.4) is 0 Å². The Morgan fingerprint density at radius 3 is 2.23 bits per heavy atom. The van der Waals surface area contributed by atoms with Crippen LogP contribution >= 0.6 is 0 Å². The summed E-state index contributed by atoms with van der Waals surface area (Å²) in [5.74, 6) is -2.44. The van der Waals surface area contributed by atoms with Gasteiger partial charge in [0.1, 0.15) is 23.1 Å². The minimum absolute atomic E-state index is 0.0277. The molecule has 0 amide bonds. The van der Waals surface area contributed by atoms with Crippen molar-refractivity contribution in [3.05, 3.63) is 65.2 Å². The van der Waals surface area contributed by atoms with Crippen LogP contribution in [0.4, 0.5) is 13.2 Å². The summed E-state index contributed by atoms with van der Waals surface area (Å²) >= 11 is 0. The van der Waals surface area contributed by atoms with Gasteiger partial charge in [0.2, 0.25) is 10.0 Å². The third-order valence-corrected chi connectivity index (χ3v) is 11.5. The van der Waals surface area contributed by atoms with Crippen LogP contribution < -0.4 is 5.14 Å². The van der Waals surface area contributed by atoms with E-state index in [1.165, 1.54) is 24.3 Å². The van der Waals surface area contributed by atoms with Crippen LogP contribution in [0.1, 0.15) is 57.6 Å². The van der Waals surface area contributed by atoms with E-state index < -0.39 is 54.1 Å². The van der Waals surface area contributed by atoms with Crippen LogP contribution in [0.15, 0.2) is 47.4 Å². The molecule has 0 aromatic heterocycles. The first-order valence-electron chi connectivity index (χ1n) is 11.6. The van der Waals surface area contributed by atoms with Crippen LogP contribution in [-0.2, 0) is 31.3 Å². The van der Waals surface area contributed by atoms with Gasteiger partial charge in [-0.1, -0.05) is 32.9 Å². The summed E-state index contributed by atoms with van der Waals surface area (Å²) in [7, 11) is -8.22. The lowest BCUT2D eigenvalue weighted by Gasteiger charge is -2.44. The van der Waals surface area contributed by atoms with Gasteiger partial charge in [0.15, 0.2) is 9.84 Å². The molecule has 1 saturated carbocycles. The SMILES string of the molecule is CC1CCC(c2cc(F)ccc2F)(S(=O)(=O)c2ccc(CF)cc2)CC1C[C@H](C(C)C)S(N)(=O)=O. The number of benzene rings is 2. The Hall–Kier alpha value is -1.91. The number of sulfonamides is 1. The highest BCUT2D eigenvalue weighted by Gasteiger charge is 2.52. The molecule has 2 N–H and O–H groups in total. The monoisotopic (exact) mass is 531 g/mol. The van der Waals surface area contributed by atoms with Gasteiger partial charge in [0.05, 0.1) is 10.1 Å². The minimum Gasteiger partial charge on any atom is -0.246 e. The highest BCUT2D eigenvalue weighted by atomic mass is 32.2. The lowest BCUT2D eigenvalue weighted by Crippen LogP contribution is -2.45. The van der Waals surface area contributed by atoms with E-state index in [9.17, 15) is 25.6 Å². The third-order valence-electron chi connectivity index (χ3n) is 7.42. The third kappa shape index (κ3) is 5.44. The van der Waals surface area contributed by atoms with Crippen molar-refractivity contribution in [2.24, 2.45) is 22.9 Å². The Bertz CT molecular complexity index is 1260. The second kappa shape index (κ2) is 10.2. The van der Waals surface area contributed by atoms with Gasteiger partial charge < -0.3 is 0 Å². The number of primary sulfonamides is 1. The van der Waals surface area contributed by atoms with Gasteiger partial charge in [-0.05, 0) is 79.3 Å². The quantitative estimate of drug-likeness (QED) is 0.504. The van der Waals surface area contributed by atoms with Crippen LogP contribution in [0.5, 0.6) is 0 Å². The average molecular weight is 532 g/mol. The second-order valence-electron chi connectivity index (χ2n) is 9.99. The molecule has 10 heteroatoms. The Kier molecular flexibility index (Phi) is 8.08. The molecule has 0 aliphatic heterocycles. The number of halogens is 3. The maximum Gasteiger partial charge on any atom is 0.212 e. The molecule has 0 spiro atoms. The van der Waals surface area contributed by atoms with Gasteiger partial charge in [-0.25, -0.2) is 35.1 Å². The van der Waals surface area contributed by atoms with Crippen LogP contribution in [-0.4, -0.2) is 22.1 Å². The summed E-state index contributed by atoms with van der Waals surface area (Å²) in [6.07, 6.45) is 0.394. The summed E-state index contributed by atoms with van der Waals surface area (Å²) in [6.45, 7) is 4.59. The largest absolute Gasteiger partial charge is 0.246 e. The molecule has 194 valence electrons. The first-order valence-corrected chi connectivity index (χ1v) is 14.7. The second-order valence-corrected chi connectivity index (χ2v) is 14.0. The number of hydrogen-bond acceptors (Lipinski definition) is 4. The number of alkyl halides is 1. The van der Waals surface area contributed by atoms with Crippen molar-refractivity contribution >= 4 is 19.9 Å². The summed E-state index contributed by atoms with van der Waals surface area (Å²) in [6, 6.07) is 7.99. The van der Waals surface area contributed by atoms with Gasteiger partial charge in [-0.3, -0.25) is 0 Å². The molecule has 1 aliphatic rings. The molecule has 0 saturated heterocycles. The van der Waals surface area contributed by atoms with Gasteiger partial charge in [0, 0.05) is 5.56 Å². The van der Waals surface area contributed by atoms with Crippen molar-refractivity contribution < 1.29 is 30.0 Å². The number of hydrogen-bond donors (Lipinski definition) is 1. The zero-order chi connectivity index (χ0) is 26.2. The zero-order valence-electron chi connectivity index (χ0n) is 20.0. The highest BCUT2D eigenvalue weighted by molar-refractivity contribution is 7.92. The number of rotatable bonds is 8. The predicted molar refractivity (Wildman–Crippen MR) is 129 cm³/mol. The van der Waals surface area contributed by atoms with E-state index in [1.54, 1.807) is 13.8 Å². The van der Waals surface area contributed by atoms with E-state index >= 15 is 4.39 Å². The summed E-state index contributed by atoms with van der Waals surface area (Å²) in [5.41, 5.74) is 0.0127. The summed E-state index contributed by atoms with van der Waals surface area (Å²) in [4.78, 5) is -0.126. The standard InChI is InChI=1S/C25H32F3NO4S2/c1-16(2)24(35(29,32)33)12-19-14-25(11-10-17(19)3,22-13-20(27)6-9-23(22)28)34(30,31)21-7-4-18(15-26)5-8-21/h4-9,13,16-17,19,24H,10-12,14-15H2,1-3H3,(H2,29,32,33)/t17?,19?,24-,25?/m1/s1. The Balaban J connectivity index is 2.19. The first kappa shape index (κ1) is 27.7. The molecular weight excluding hydrogens is 499 g/mol. The molecule has 5 nitrogen and oxygen atoms in total. The maximum absolute atomic E-state index is 15.2. The van der Waals surface area contributed by atoms with Crippen LogP contribution in [0, 0.1) is 29.4 Å². The van der Waals surface area contributed by atoms with E-state index in [0.717, 1.165) is 18.2 Å². The van der Waals surface area contributed by atoms with Gasteiger partial charge >= 0.3 is 0 Å².